The number of fused-ring (bicyclic) bond motifs is 2. The van der Waals surface area contributed by atoms with Crippen LogP contribution in [0.25, 0.3) is 22.3 Å². The Bertz CT molecular complexity index is 1140. The third kappa shape index (κ3) is 4.99. The second-order valence-electron chi connectivity index (χ2n) is 7.83. The summed E-state index contributed by atoms with van der Waals surface area (Å²) in [6, 6.07) is 23.3. The Kier molecular flexibility index (Phi) is 5.80. The Morgan fingerprint density at radius 1 is 0.500 bits per heavy atom. The molecular formula is C24H24O4S2. The minimum Gasteiger partial charge on any atom is -0.228 e. The maximum Gasteiger partial charge on any atom is 0.154 e. The topological polar surface area (TPSA) is 68.3 Å². The number of benzene rings is 3. The van der Waals surface area contributed by atoms with Crippen LogP contribution in [-0.4, -0.2) is 28.3 Å². The van der Waals surface area contributed by atoms with E-state index in [4.69, 9.17) is 0 Å². The van der Waals surface area contributed by atoms with Crippen molar-refractivity contribution in [1.29, 1.82) is 0 Å². The Morgan fingerprint density at radius 2 is 0.867 bits per heavy atom. The van der Waals surface area contributed by atoms with Gasteiger partial charge in [-0.3, -0.25) is 0 Å². The first-order chi connectivity index (χ1) is 14.3. The van der Waals surface area contributed by atoms with E-state index in [0.29, 0.717) is 12.8 Å². The van der Waals surface area contributed by atoms with Crippen LogP contribution >= 0.6 is 0 Å². The highest BCUT2D eigenvalue weighted by Gasteiger charge is 2.16. The predicted molar refractivity (Wildman–Crippen MR) is 122 cm³/mol. The predicted octanol–water partition coefficient (Wildman–Crippen LogP) is 4.64. The van der Waals surface area contributed by atoms with Crippen LogP contribution in [0.2, 0.25) is 0 Å². The number of sulfone groups is 2. The third-order valence-electron chi connectivity index (χ3n) is 5.39. The molecule has 3 aromatic carbocycles. The fourth-order valence-corrected chi connectivity index (χ4v) is 6.82. The molecule has 0 radical (unpaired) electrons. The molecule has 0 fully saturated rings. The zero-order chi connectivity index (χ0) is 21.2. The summed E-state index contributed by atoms with van der Waals surface area (Å²) in [5.41, 5.74) is 5.62. The van der Waals surface area contributed by atoms with Crippen LogP contribution < -0.4 is 0 Å². The van der Waals surface area contributed by atoms with E-state index in [-0.39, 0.29) is 23.0 Å². The second kappa shape index (κ2) is 8.36. The largest absolute Gasteiger partial charge is 0.228 e. The van der Waals surface area contributed by atoms with E-state index >= 15 is 0 Å². The fraction of sp³-hybridized carbons (Fsp3) is 0.250. The molecule has 0 atom stereocenters. The van der Waals surface area contributed by atoms with Gasteiger partial charge < -0.3 is 0 Å². The van der Waals surface area contributed by atoms with Crippen molar-refractivity contribution in [1.82, 2.24) is 0 Å². The monoisotopic (exact) mass is 440 g/mol. The van der Waals surface area contributed by atoms with Gasteiger partial charge in [0.15, 0.2) is 19.7 Å². The summed E-state index contributed by atoms with van der Waals surface area (Å²) < 4.78 is 49.8. The van der Waals surface area contributed by atoms with E-state index in [0.717, 1.165) is 33.4 Å². The summed E-state index contributed by atoms with van der Waals surface area (Å²) in [6.45, 7) is 0. The van der Waals surface area contributed by atoms with Crippen molar-refractivity contribution in [2.75, 3.05) is 11.5 Å². The molecular weight excluding hydrogens is 416 g/mol. The van der Waals surface area contributed by atoms with Gasteiger partial charge in [0, 0.05) is 0 Å². The van der Waals surface area contributed by atoms with Gasteiger partial charge in [-0.1, -0.05) is 72.8 Å². The number of rotatable bonds is 0. The van der Waals surface area contributed by atoms with Gasteiger partial charge in [0.2, 0.25) is 0 Å². The van der Waals surface area contributed by atoms with Crippen LogP contribution in [0.15, 0.2) is 72.8 Å². The first kappa shape index (κ1) is 20.8. The van der Waals surface area contributed by atoms with E-state index in [9.17, 15) is 16.8 Å². The molecule has 0 N–H and O–H groups in total. The minimum atomic E-state index is -3.28. The van der Waals surface area contributed by atoms with Crippen LogP contribution in [0.1, 0.15) is 24.0 Å². The van der Waals surface area contributed by atoms with Crippen LogP contribution in [-0.2, 0) is 31.2 Å². The van der Waals surface area contributed by atoms with Gasteiger partial charge in [0.25, 0.3) is 0 Å². The molecule has 0 saturated heterocycles. The summed E-state index contributed by atoms with van der Waals surface area (Å²) >= 11 is 0. The van der Waals surface area contributed by atoms with E-state index in [1.807, 2.05) is 72.8 Å². The molecule has 0 aliphatic carbocycles. The van der Waals surface area contributed by atoms with E-state index < -0.39 is 19.7 Å². The zero-order valence-corrected chi connectivity index (χ0v) is 18.3. The van der Waals surface area contributed by atoms with Gasteiger partial charge in [0.05, 0.1) is 23.0 Å². The molecule has 30 heavy (non-hydrogen) atoms. The molecule has 6 rings (SSSR count). The van der Waals surface area contributed by atoms with Crippen molar-refractivity contribution < 1.29 is 16.8 Å². The molecule has 0 aromatic heterocycles. The van der Waals surface area contributed by atoms with Gasteiger partial charge in [-0.25, -0.2) is 16.8 Å². The van der Waals surface area contributed by atoms with Crippen molar-refractivity contribution >= 4 is 19.7 Å². The van der Waals surface area contributed by atoms with Crippen LogP contribution in [0.3, 0.4) is 0 Å². The molecule has 3 aromatic rings. The SMILES string of the molecule is O=S1(=O)CCCCS(=O)(=O)Cc2ccc(cc2)-c2ccccc2-c2ccc(cc2)C1. The Balaban J connectivity index is 1.78. The zero-order valence-electron chi connectivity index (χ0n) is 16.6. The first-order valence-corrected chi connectivity index (χ1v) is 13.6. The maximum atomic E-state index is 12.4. The fourth-order valence-electron chi connectivity index (χ4n) is 3.84. The third-order valence-corrected chi connectivity index (χ3v) is 8.76. The molecule has 3 heterocycles. The van der Waals surface area contributed by atoms with Crippen LogP contribution in [0, 0.1) is 0 Å². The van der Waals surface area contributed by atoms with Gasteiger partial charge >= 0.3 is 0 Å². The van der Waals surface area contributed by atoms with E-state index in [1.54, 1.807) is 0 Å². The Labute approximate surface area is 178 Å². The number of hydrogen-bond donors (Lipinski definition) is 0. The van der Waals surface area contributed by atoms with Crippen molar-refractivity contribution in [2.45, 2.75) is 24.3 Å². The van der Waals surface area contributed by atoms with Crippen LogP contribution in [0.5, 0.6) is 0 Å². The summed E-state index contributed by atoms with van der Waals surface area (Å²) in [4.78, 5) is 0. The molecule has 0 amide bonds. The van der Waals surface area contributed by atoms with Gasteiger partial charge in [0.1, 0.15) is 0 Å². The van der Waals surface area contributed by atoms with E-state index in [2.05, 4.69) is 0 Å². The number of hydrogen-bond acceptors (Lipinski definition) is 4. The maximum absolute atomic E-state index is 12.4. The summed E-state index contributed by atoms with van der Waals surface area (Å²) in [5, 5.41) is 0. The highest BCUT2D eigenvalue weighted by atomic mass is 32.2. The molecule has 6 heteroatoms. The molecule has 0 unspecified atom stereocenters. The standard InChI is InChI=1S/C24H24O4S2/c25-29(26)15-3-4-16-30(27,28)18-20-9-13-22(14-10-20)24-6-2-1-5-23(24)21-11-7-19(17-29)8-12-21/h1-2,5-14H,3-4,15-18H2. The normalized spacial score (nSPS) is 18.3. The lowest BCUT2D eigenvalue weighted by Crippen LogP contribution is -2.13. The highest BCUT2D eigenvalue weighted by molar-refractivity contribution is 7.91. The van der Waals surface area contributed by atoms with Crippen molar-refractivity contribution in [3.8, 4) is 22.3 Å². The molecule has 3 aliphatic rings. The Morgan fingerprint density at radius 3 is 1.23 bits per heavy atom. The minimum absolute atomic E-state index is 0.00179. The van der Waals surface area contributed by atoms with Crippen molar-refractivity contribution in [2.24, 2.45) is 0 Å². The summed E-state index contributed by atoms with van der Waals surface area (Å²) in [7, 11) is -6.56. The second-order valence-corrected chi connectivity index (χ2v) is 12.2. The summed E-state index contributed by atoms with van der Waals surface area (Å²) in [5.74, 6) is -0.0471. The molecule has 0 spiro atoms. The smallest absolute Gasteiger partial charge is 0.154 e. The molecule has 4 nitrogen and oxygen atoms in total. The first-order valence-electron chi connectivity index (χ1n) is 10.00. The lowest BCUT2D eigenvalue weighted by atomic mass is 9.94. The molecule has 156 valence electrons. The van der Waals surface area contributed by atoms with Crippen LogP contribution in [0.4, 0.5) is 0 Å². The van der Waals surface area contributed by atoms with Gasteiger partial charge in [-0.2, -0.15) is 0 Å². The molecule has 4 bridgehead atoms. The summed E-state index contributed by atoms with van der Waals surface area (Å²) in [6.07, 6.45) is 0.706. The Hall–Kier alpha value is -2.44. The highest BCUT2D eigenvalue weighted by Crippen LogP contribution is 2.32. The average molecular weight is 441 g/mol. The van der Waals surface area contributed by atoms with Gasteiger partial charge in [-0.15, -0.1) is 0 Å². The average Bonchev–Trinajstić information content (AvgIpc) is 2.71. The van der Waals surface area contributed by atoms with E-state index in [1.165, 1.54) is 0 Å². The quantitative estimate of drug-likeness (QED) is 0.511. The molecule has 0 saturated carbocycles. The molecule has 3 aliphatic heterocycles. The van der Waals surface area contributed by atoms with Crippen molar-refractivity contribution in [3.05, 3.63) is 83.9 Å². The van der Waals surface area contributed by atoms with Gasteiger partial charge in [-0.05, 0) is 46.2 Å². The lowest BCUT2D eigenvalue weighted by Gasteiger charge is -2.13. The van der Waals surface area contributed by atoms with Crippen molar-refractivity contribution in [3.63, 3.8) is 0 Å². The lowest BCUT2D eigenvalue weighted by molar-refractivity contribution is 0.584.